The van der Waals surface area contributed by atoms with Crippen LogP contribution in [0, 0.1) is 3.70 Å². The molecular weight excluding hydrogens is 385 g/mol. The summed E-state index contributed by atoms with van der Waals surface area (Å²) in [7, 11) is 0. The number of aromatic nitrogens is 1. The summed E-state index contributed by atoms with van der Waals surface area (Å²) in [6.45, 7) is 0.378. The van der Waals surface area contributed by atoms with Gasteiger partial charge in [0.1, 0.15) is 16.1 Å². The maximum atomic E-state index is 12.7. The first-order valence-corrected chi connectivity index (χ1v) is 6.04. The summed E-state index contributed by atoms with van der Waals surface area (Å²) in [5.74, 6) is -1.70. The molecule has 0 amide bonds. The number of hydrogen-bond donors (Lipinski definition) is 0. The van der Waals surface area contributed by atoms with Crippen LogP contribution >= 0.6 is 22.6 Å². The lowest BCUT2D eigenvalue weighted by Gasteiger charge is -2.13. The van der Waals surface area contributed by atoms with Crippen LogP contribution in [0.2, 0.25) is 0 Å². The highest BCUT2D eigenvalue weighted by Gasteiger charge is 2.33. The van der Waals surface area contributed by atoms with Gasteiger partial charge < -0.3 is 9.47 Å². The second-order valence-electron chi connectivity index (χ2n) is 3.18. The lowest BCUT2D eigenvalue weighted by atomic mass is 10.2. The van der Waals surface area contributed by atoms with Crippen molar-refractivity contribution in [3.05, 3.63) is 21.0 Å². The van der Waals surface area contributed by atoms with E-state index in [0.717, 1.165) is 0 Å². The van der Waals surface area contributed by atoms with Crippen LogP contribution in [0.5, 0.6) is 5.75 Å². The van der Waals surface area contributed by atoms with Crippen LogP contribution < -0.4 is 4.74 Å². The number of carbonyl (C=O) groups excluding carboxylic acids is 1. The molecule has 4 nitrogen and oxygen atoms in total. The molecule has 1 heterocycles. The topological polar surface area (TPSA) is 48.4 Å². The quantitative estimate of drug-likeness (QED) is 0.341. The fraction of sp³-hybridized carbons (Fsp3) is 0.400. The van der Waals surface area contributed by atoms with E-state index < -0.39 is 24.8 Å². The molecule has 0 aliphatic heterocycles. The van der Waals surface area contributed by atoms with E-state index in [1.165, 1.54) is 29.5 Å². The van der Waals surface area contributed by atoms with Gasteiger partial charge in [0.15, 0.2) is 5.69 Å². The number of rotatable bonds is 4. The van der Waals surface area contributed by atoms with E-state index in [1.807, 2.05) is 0 Å². The van der Waals surface area contributed by atoms with Crippen molar-refractivity contribution in [1.29, 1.82) is 0 Å². The van der Waals surface area contributed by atoms with Crippen LogP contribution in [0.25, 0.3) is 0 Å². The van der Waals surface area contributed by atoms with Crippen molar-refractivity contribution in [2.24, 2.45) is 0 Å². The van der Waals surface area contributed by atoms with Gasteiger partial charge in [0.05, 0.1) is 12.2 Å². The number of alkyl halides is 4. The molecule has 0 bridgehead atoms. The zero-order chi connectivity index (χ0) is 14.6. The summed E-state index contributed by atoms with van der Waals surface area (Å²) in [5, 5.41) is 0. The van der Waals surface area contributed by atoms with Gasteiger partial charge in [0.2, 0.25) is 0 Å². The Hall–Kier alpha value is -1.13. The fourth-order valence-corrected chi connectivity index (χ4v) is 1.83. The second-order valence-corrected chi connectivity index (χ2v) is 4.20. The standard InChI is InChI=1S/C10H8F4INO3/c1-2-18-9(17)6-3-7(19-10(12,13)14)5(4-11)8(15)16-6/h3H,2,4H2,1H3. The predicted molar refractivity (Wildman–Crippen MR) is 64.4 cm³/mol. The van der Waals surface area contributed by atoms with E-state index in [2.05, 4.69) is 14.5 Å². The van der Waals surface area contributed by atoms with Crippen LogP contribution in [0.4, 0.5) is 17.6 Å². The number of ether oxygens (including phenoxy) is 2. The van der Waals surface area contributed by atoms with Crippen molar-refractivity contribution in [3.8, 4) is 5.75 Å². The van der Waals surface area contributed by atoms with Crippen LogP contribution in [-0.2, 0) is 11.4 Å². The van der Waals surface area contributed by atoms with E-state index in [4.69, 9.17) is 0 Å². The molecule has 106 valence electrons. The Morgan fingerprint density at radius 1 is 1.47 bits per heavy atom. The Kier molecular flexibility index (Phi) is 5.32. The first-order valence-electron chi connectivity index (χ1n) is 4.96. The van der Waals surface area contributed by atoms with Gasteiger partial charge in [-0.2, -0.15) is 0 Å². The molecule has 0 unspecified atom stereocenters. The van der Waals surface area contributed by atoms with E-state index >= 15 is 0 Å². The summed E-state index contributed by atoms with van der Waals surface area (Å²) < 4.78 is 57.4. The molecule has 0 aliphatic rings. The maximum Gasteiger partial charge on any atom is 0.573 e. The Morgan fingerprint density at radius 2 is 2.11 bits per heavy atom. The zero-order valence-electron chi connectivity index (χ0n) is 9.55. The van der Waals surface area contributed by atoms with Crippen molar-refractivity contribution < 1.29 is 31.8 Å². The van der Waals surface area contributed by atoms with Crippen molar-refractivity contribution in [1.82, 2.24) is 4.98 Å². The number of pyridine rings is 1. The monoisotopic (exact) mass is 393 g/mol. The van der Waals surface area contributed by atoms with Crippen LogP contribution in [0.1, 0.15) is 23.0 Å². The number of esters is 1. The van der Waals surface area contributed by atoms with E-state index in [0.29, 0.717) is 6.07 Å². The summed E-state index contributed by atoms with van der Waals surface area (Å²) >= 11 is 1.52. The van der Waals surface area contributed by atoms with Gasteiger partial charge in [-0.15, -0.1) is 13.2 Å². The number of nitrogens with zero attached hydrogens (tertiary/aromatic N) is 1. The Bertz CT molecular complexity index is 479. The third-order valence-corrected chi connectivity index (χ3v) is 2.77. The molecule has 0 atom stereocenters. The average molecular weight is 393 g/mol. The van der Waals surface area contributed by atoms with Crippen LogP contribution in [-0.4, -0.2) is 23.9 Å². The minimum atomic E-state index is -4.99. The van der Waals surface area contributed by atoms with E-state index in [1.54, 1.807) is 0 Å². The van der Waals surface area contributed by atoms with Crippen molar-refractivity contribution >= 4 is 28.6 Å². The van der Waals surface area contributed by atoms with Crippen molar-refractivity contribution in [3.63, 3.8) is 0 Å². The Labute approximate surface area is 119 Å². The van der Waals surface area contributed by atoms with Gasteiger partial charge >= 0.3 is 12.3 Å². The SMILES string of the molecule is CCOC(=O)c1cc(OC(F)(F)F)c(CF)c(I)n1. The van der Waals surface area contributed by atoms with E-state index in [-0.39, 0.29) is 21.6 Å². The molecule has 0 N–H and O–H groups in total. The molecule has 0 saturated carbocycles. The van der Waals surface area contributed by atoms with Gasteiger partial charge in [-0.3, -0.25) is 0 Å². The fourth-order valence-electron chi connectivity index (χ4n) is 1.16. The molecule has 0 fully saturated rings. The number of halogens is 5. The van der Waals surface area contributed by atoms with Gasteiger partial charge in [-0.1, -0.05) is 0 Å². The molecule has 0 saturated heterocycles. The number of carbonyl (C=O) groups is 1. The third kappa shape index (κ3) is 4.48. The molecule has 0 aromatic carbocycles. The largest absolute Gasteiger partial charge is 0.573 e. The second kappa shape index (κ2) is 6.35. The summed E-state index contributed by atoms with van der Waals surface area (Å²) in [6.07, 6.45) is -4.99. The van der Waals surface area contributed by atoms with Crippen molar-refractivity contribution in [2.45, 2.75) is 20.0 Å². The van der Waals surface area contributed by atoms with Crippen molar-refractivity contribution in [2.75, 3.05) is 6.61 Å². The summed E-state index contributed by atoms with van der Waals surface area (Å²) in [4.78, 5) is 15.1. The molecule has 1 aromatic heterocycles. The number of hydrogen-bond acceptors (Lipinski definition) is 4. The molecule has 1 rings (SSSR count). The minimum absolute atomic E-state index is 0.0391. The smallest absolute Gasteiger partial charge is 0.461 e. The summed E-state index contributed by atoms with van der Waals surface area (Å²) in [5.41, 5.74) is -0.742. The van der Waals surface area contributed by atoms with Crippen LogP contribution in [0.3, 0.4) is 0 Å². The molecule has 1 aromatic rings. The van der Waals surface area contributed by atoms with Gasteiger partial charge in [-0.05, 0) is 29.5 Å². The highest BCUT2D eigenvalue weighted by Crippen LogP contribution is 2.30. The predicted octanol–water partition coefficient (Wildman–Crippen LogP) is 3.23. The maximum absolute atomic E-state index is 12.7. The highest BCUT2D eigenvalue weighted by molar-refractivity contribution is 14.1. The molecule has 0 spiro atoms. The Balaban J connectivity index is 3.22. The normalized spacial score (nSPS) is 11.3. The van der Waals surface area contributed by atoms with Crippen LogP contribution in [0.15, 0.2) is 6.07 Å². The third-order valence-electron chi connectivity index (χ3n) is 1.88. The Morgan fingerprint density at radius 3 is 2.58 bits per heavy atom. The lowest BCUT2D eigenvalue weighted by Crippen LogP contribution is -2.19. The first kappa shape index (κ1) is 15.9. The van der Waals surface area contributed by atoms with Gasteiger partial charge in [0.25, 0.3) is 0 Å². The molecule has 9 heteroatoms. The zero-order valence-corrected chi connectivity index (χ0v) is 11.7. The molecular formula is C10H8F4INO3. The molecule has 0 aliphatic carbocycles. The molecule has 19 heavy (non-hydrogen) atoms. The summed E-state index contributed by atoms with van der Waals surface area (Å²) in [6, 6.07) is 0.711. The van der Waals surface area contributed by atoms with Gasteiger partial charge in [0, 0.05) is 6.07 Å². The average Bonchev–Trinajstić information content (AvgIpc) is 2.26. The minimum Gasteiger partial charge on any atom is -0.461 e. The first-order chi connectivity index (χ1) is 8.78. The van der Waals surface area contributed by atoms with E-state index in [9.17, 15) is 22.4 Å². The highest BCUT2D eigenvalue weighted by atomic mass is 127. The molecule has 0 radical (unpaired) electrons. The van der Waals surface area contributed by atoms with Gasteiger partial charge in [-0.25, -0.2) is 14.2 Å². The lowest BCUT2D eigenvalue weighted by molar-refractivity contribution is -0.275.